The van der Waals surface area contributed by atoms with Crippen LogP contribution in [0, 0.1) is 13.8 Å². The number of aromatic amines is 1. The van der Waals surface area contributed by atoms with E-state index in [1.165, 1.54) is 6.33 Å². The standard InChI is InChI=1S/C38H54N10O6S/c1-25-26(2)44-45-33(25)43-34-29-18-32(55(50)38(6,7)8)31(19-30(29)41-24-42-34)52-16-9-10-46-11-13-47(14-12-46)35-39-20-27(21-40-35)53-23-28-22-48(15-17-51-28)36(49)54-37(3,4)5/h18-21,24,28H,9-17,22-23H2,1-8H3,(H2,41,42,43,44,45)/t28-,55?/m1/s1. The van der Waals surface area contributed by atoms with Gasteiger partial charge in [0.25, 0.3) is 0 Å². The molecule has 1 aromatic carbocycles. The molecule has 298 valence electrons. The number of aryl methyl sites for hydroxylation is 1. The van der Waals surface area contributed by atoms with Crippen molar-refractivity contribution in [3.8, 4) is 11.5 Å². The van der Waals surface area contributed by atoms with Gasteiger partial charge in [0.1, 0.15) is 36.2 Å². The smallest absolute Gasteiger partial charge is 0.410 e. The number of fused-ring (bicyclic) bond motifs is 1. The summed E-state index contributed by atoms with van der Waals surface area (Å²) in [6.07, 6.45) is 5.05. The third kappa shape index (κ3) is 10.4. The van der Waals surface area contributed by atoms with Crippen LogP contribution in [0.3, 0.4) is 0 Å². The van der Waals surface area contributed by atoms with Gasteiger partial charge in [0.15, 0.2) is 11.6 Å². The van der Waals surface area contributed by atoms with Crippen LogP contribution in [0.1, 0.15) is 59.2 Å². The number of carbonyl (C=O) groups is 1. The number of benzene rings is 1. The van der Waals surface area contributed by atoms with Crippen molar-refractivity contribution >= 4 is 45.4 Å². The molecule has 4 aromatic rings. The first-order valence-electron chi connectivity index (χ1n) is 18.8. The van der Waals surface area contributed by atoms with Crippen molar-refractivity contribution in [3.05, 3.63) is 42.1 Å². The molecule has 1 unspecified atom stereocenters. The van der Waals surface area contributed by atoms with Gasteiger partial charge in [0, 0.05) is 66.7 Å². The molecular weight excluding hydrogens is 725 g/mol. The highest BCUT2D eigenvalue weighted by atomic mass is 32.2. The summed E-state index contributed by atoms with van der Waals surface area (Å²) in [6, 6.07) is 3.75. The first-order chi connectivity index (χ1) is 26.1. The number of hydrogen-bond donors (Lipinski definition) is 2. The van der Waals surface area contributed by atoms with Gasteiger partial charge in [-0.25, -0.2) is 24.7 Å². The molecule has 2 fully saturated rings. The zero-order valence-electron chi connectivity index (χ0n) is 33.2. The lowest BCUT2D eigenvalue weighted by Gasteiger charge is -2.34. The number of aromatic nitrogens is 6. The zero-order valence-corrected chi connectivity index (χ0v) is 34.0. The molecule has 1 amide bonds. The van der Waals surface area contributed by atoms with Crippen molar-refractivity contribution in [3.63, 3.8) is 0 Å². The Bertz CT molecular complexity index is 1950. The van der Waals surface area contributed by atoms with E-state index >= 15 is 0 Å². The molecule has 2 saturated heterocycles. The Morgan fingerprint density at radius 1 is 0.982 bits per heavy atom. The highest BCUT2D eigenvalue weighted by Gasteiger charge is 2.29. The Kier molecular flexibility index (Phi) is 12.4. The van der Waals surface area contributed by atoms with Crippen LogP contribution in [0.15, 0.2) is 35.7 Å². The topological polar surface area (TPSA) is 173 Å². The largest absolute Gasteiger partial charge is 0.492 e. The minimum Gasteiger partial charge on any atom is -0.492 e. The second-order valence-corrected chi connectivity index (χ2v) is 18.0. The number of rotatable bonds is 12. The molecule has 0 spiro atoms. The summed E-state index contributed by atoms with van der Waals surface area (Å²) in [7, 11) is -1.35. The summed E-state index contributed by atoms with van der Waals surface area (Å²) in [5.74, 6) is 3.05. The quantitative estimate of drug-likeness (QED) is 0.184. The van der Waals surface area contributed by atoms with Crippen LogP contribution in [0.4, 0.5) is 22.4 Å². The average molecular weight is 779 g/mol. The molecule has 3 aromatic heterocycles. The number of amides is 1. The molecule has 0 saturated carbocycles. The van der Waals surface area contributed by atoms with Crippen molar-refractivity contribution in [1.29, 1.82) is 0 Å². The monoisotopic (exact) mass is 778 g/mol. The predicted octanol–water partition coefficient (Wildman–Crippen LogP) is 5.02. The highest BCUT2D eigenvalue weighted by molar-refractivity contribution is 7.86. The molecule has 2 atom stereocenters. The molecule has 2 aliphatic rings. The first kappa shape index (κ1) is 40.1. The van der Waals surface area contributed by atoms with Crippen LogP contribution in [0.5, 0.6) is 11.5 Å². The Labute approximate surface area is 325 Å². The molecule has 0 radical (unpaired) electrons. The maximum Gasteiger partial charge on any atom is 0.410 e. The Morgan fingerprint density at radius 2 is 1.73 bits per heavy atom. The van der Waals surface area contributed by atoms with Crippen LogP contribution < -0.4 is 19.7 Å². The Morgan fingerprint density at radius 3 is 2.40 bits per heavy atom. The van der Waals surface area contributed by atoms with Crippen LogP contribution in [-0.2, 0) is 20.3 Å². The number of H-pyrrole nitrogens is 1. The summed E-state index contributed by atoms with van der Waals surface area (Å²) in [5.41, 5.74) is 2.11. The van der Waals surface area contributed by atoms with Gasteiger partial charge in [-0.2, -0.15) is 5.10 Å². The number of piperazine rings is 1. The summed E-state index contributed by atoms with van der Waals surface area (Å²) in [4.78, 5) is 37.4. The van der Waals surface area contributed by atoms with Gasteiger partial charge in [-0.05, 0) is 67.9 Å². The number of morpholine rings is 1. The molecule has 55 heavy (non-hydrogen) atoms. The van der Waals surface area contributed by atoms with Gasteiger partial charge >= 0.3 is 6.09 Å². The average Bonchev–Trinajstić information content (AvgIpc) is 3.47. The Balaban J connectivity index is 0.978. The molecule has 6 rings (SSSR count). The van der Waals surface area contributed by atoms with E-state index in [1.807, 2.05) is 67.5 Å². The predicted molar refractivity (Wildman–Crippen MR) is 211 cm³/mol. The van der Waals surface area contributed by atoms with Gasteiger partial charge in [0.2, 0.25) is 5.95 Å². The van der Waals surface area contributed by atoms with E-state index < -0.39 is 21.1 Å². The van der Waals surface area contributed by atoms with Gasteiger partial charge in [0.05, 0.1) is 53.4 Å². The number of anilines is 3. The van der Waals surface area contributed by atoms with Crippen LogP contribution in [-0.4, -0.2) is 132 Å². The lowest BCUT2D eigenvalue weighted by Crippen LogP contribution is -2.49. The molecule has 0 bridgehead atoms. The van der Waals surface area contributed by atoms with E-state index in [1.54, 1.807) is 17.3 Å². The van der Waals surface area contributed by atoms with Crippen molar-refractivity contribution in [2.75, 3.05) is 75.9 Å². The molecule has 16 nitrogen and oxygen atoms in total. The second kappa shape index (κ2) is 17.0. The van der Waals surface area contributed by atoms with Crippen LogP contribution in [0.25, 0.3) is 10.9 Å². The van der Waals surface area contributed by atoms with E-state index in [-0.39, 0.29) is 18.8 Å². The SMILES string of the molecule is Cc1[nH]nc(Nc2ncnc3cc(OCCCN4CCN(c5ncc(OC[C@H]6CN(C(=O)OC(C)(C)C)CCO6)cn5)CC4)c(S(=O)C(C)(C)C)cc23)c1C. The van der Waals surface area contributed by atoms with Gasteiger partial charge < -0.3 is 34.1 Å². The lowest BCUT2D eigenvalue weighted by molar-refractivity contribution is -0.0557. The fourth-order valence-corrected chi connectivity index (χ4v) is 7.35. The van der Waals surface area contributed by atoms with Crippen LogP contribution in [0.2, 0.25) is 0 Å². The van der Waals surface area contributed by atoms with Gasteiger partial charge in [-0.1, -0.05) is 0 Å². The minimum atomic E-state index is -1.35. The maximum absolute atomic E-state index is 13.8. The fourth-order valence-electron chi connectivity index (χ4n) is 6.16. The summed E-state index contributed by atoms with van der Waals surface area (Å²) in [6.45, 7) is 21.6. The number of nitrogens with zero attached hydrogens (tertiary/aromatic N) is 8. The summed E-state index contributed by atoms with van der Waals surface area (Å²) in [5, 5.41) is 11.4. The third-order valence-electron chi connectivity index (χ3n) is 9.32. The highest BCUT2D eigenvalue weighted by Crippen LogP contribution is 2.35. The molecule has 2 N–H and O–H groups in total. The fraction of sp³-hybridized carbons (Fsp3) is 0.579. The molecule has 5 heterocycles. The molecule has 2 aliphatic heterocycles. The van der Waals surface area contributed by atoms with E-state index in [4.69, 9.17) is 18.9 Å². The van der Waals surface area contributed by atoms with E-state index in [0.717, 1.165) is 55.8 Å². The molecule has 0 aliphatic carbocycles. The second-order valence-electron chi connectivity index (χ2n) is 15.8. The number of nitrogens with one attached hydrogen (secondary N) is 2. The third-order valence-corrected chi connectivity index (χ3v) is 11.1. The lowest BCUT2D eigenvalue weighted by atomic mass is 10.2. The zero-order chi connectivity index (χ0) is 39.3. The first-order valence-corrected chi connectivity index (χ1v) is 19.9. The number of ether oxygens (including phenoxy) is 4. The van der Waals surface area contributed by atoms with Crippen molar-refractivity contribution in [1.82, 2.24) is 39.9 Å². The Hall–Kier alpha value is -4.61. The van der Waals surface area contributed by atoms with Crippen molar-refractivity contribution in [2.45, 2.75) is 83.2 Å². The van der Waals surface area contributed by atoms with Gasteiger partial charge in [-0.3, -0.25) is 14.2 Å². The molecular formula is C38H54N10O6S. The van der Waals surface area contributed by atoms with E-state index in [0.29, 0.717) is 65.8 Å². The normalized spacial score (nSPS) is 17.6. The van der Waals surface area contributed by atoms with E-state index in [2.05, 4.69) is 45.2 Å². The van der Waals surface area contributed by atoms with Crippen LogP contribution >= 0.6 is 0 Å². The summed E-state index contributed by atoms with van der Waals surface area (Å²) < 4.78 is 36.8. The van der Waals surface area contributed by atoms with Gasteiger partial charge in [-0.15, -0.1) is 0 Å². The minimum absolute atomic E-state index is 0.269. The van der Waals surface area contributed by atoms with Crippen molar-refractivity contribution < 1.29 is 28.0 Å². The molecule has 17 heteroatoms. The number of hydrogen-bond acceptors (Lipinski definition) is 14. The number of carbonyl (C=O) groups excluding carboxylic acids is 1. The summed E-state index contributed by atoms with van der Waals surface area (Å²) >= 11 is 0. The van der Waals surface area contributed by atoms with E-state index in [9.17, 15) is 9.00 Å². The maximum atomic E-state index is 13.8. The van der Waals surface area contributed by atoms with Crippen molar-refractivity contribution in [2.24, 2.45) is 0 Å².